The Balaban J connectivity index is 1.67. The third kappa shape index (κ3) is 7.46. The molecule has 38 heavy (non-hydrogen) atoms. The Hall–Kier alpha value is 0.0500. The van der Waals surface area contributed by atoms with Crippen molar-refractivity contribution in [1.82, 2.24) is 5.09 Å². The van der Waals surface area contributed by atoms with Crippen molar-refractivity contribution in [3.8, 4) is 11.5 Å². The molecule has 0 radical (unpaired) electrons. The molecule has 0 bridgehead atoms. The number of benzene rings is 4. The zero-order valence-corrected chi connectivity index (χ0v) is 31.3. The molecule has 2 atom stereocenters. The quantitative estimate of drug-likeness (QED) is 0.0594. The summed E-state index contributed by atoms with van der Waals surface area (Å²) in [6, 6.07) is 21.5. The lowest BCUT2D eigenvalue weighted by Crippen LogP contribution is -2.36. The van der Waals surface area contributed by atoms with E-state index < -0.39 is 19.8 Å². The molecule has 0 aliphatic heterocycles. The molecular formula is C26H19I5NO5P. The lowest BCUT2D eigenvalue weighted by atomic mass is 10.1. The summed E-state index contributed by atoms with van der Waals surface area (Å²) in [5.74, 6) is 0.236. The molecule has 12 heteroatoms. The average Bonchev–Trinajstić information content (AvgIpc) is 2.92. The second-order valence-electron chi connectivity index (χ2n) is 8.00. The van der Waals surface area contributed by atoms with Crippen LogP contribution in [0.3, 0.4) is 0 Å². The van der Waals surface area contributed by atoms with Gasteiger partial charge in [0.05, 0.1) is 7.14 Å². The SMILES string of the molecule is C[C@H](NP(=O)(Oc1c(I)c(I)c(I)c(I)c1I)Oc1cccc2ccccc12)C(=O)OCc1ccccc1. The van der Waals surface area contributed by atoms with Crippen LogP contribution < -0.4 is 14.1 Å². The summed E-state index contributed by atoms with van der Waals surface area (Å²) in [7, 11) is -4.15. The highest BCUT2D eigenvalue weighted by molar-refractivity contribution is 14.1. The van der Waals surface area contributed by atoms with E-state index in [1.165, 1.54) is 0 Å². The molecule has 0 fully saturated rings. The van der Waals surface area contributed by atoms with Gasteiger partial charge in [-0.3, -0.25) is 4.79 Å². The Morgan fingerprint density at radius 3 is 2.05 bits per heavy atom. The first kappa shape index (κ1) is 31.0. The van der Waals surface area contributed by atoms with Gasteiger partial charge < -0.3 is 13.8 Å². The Morgan fingerprint density at radius 2 is 1.37 bits per heavy atom. The summed E-state index contributed by atoms with van der Waals surface area (Å²) in [5.41, 5.74) is 0.853. The van der Waals surface area contributed by atoms with Crippen LogP contribution in [0.25, 0.3) is 10.8 Å². The van der Waals surface area contributed by atoms with Crippen molar-refractivity contribution in [3.63, 3.8) is 0 Å². The summed E-state index contributed by atoms with van der Waals surface area (Å²) in [6.07, 6.45) is 0. The first-order chi connectivity index (χ1) is 18.1. The van der Waals surface area contributed by atoms with Gasteiger partial charge in [-0.05, 0) is 137 Å². The standard InChI is InChI=1S/C26H19I5NO5P/c1-15(26(33)35-14-16-8-3-2-4-9-16)32-38(34,36-19-13-7-11-17-10-5-6-12-18(17)19)37-25-23(30)21(28)20(27)22(29)24(25)31/h2-13,15H,14H2,1H3,(H,32,34)/t15-,38?/m0/s1. The molecule has 198 valence electrons. The number of carbonyl (C=O) groups excluding carboxylic acids is 1. The number of fused-ring (bicyclic) bond motifs is 1. The molecule has 0 amide bonds. The van der Waals surface area contributed by atoms with Crippen molar-refractivity contribution in [2.45, 2.75) is 19.6 Å². The van der Waals surface area contributed by atoms with Crippen LogP contribution in [0, 0.1) is 17.9 Å². The van der Waals surface area contributed by atoms with E-state index in [1.807, 2.05) is 66.7 Å². The third-order valence-corrected chi connectivity index (χ3v) is 16.3. The van der Waals surface area contributed by atoms with Crippen LogP contribution in [-0.4, -0.2) is 12.0 Å². The first-order valence-electron chi connectivity index (χ1n) is 11.1. The molecule has 0 saturated heterocycles. The number of hydrogen-bond donors (Lipinski definition) is 1. The normalized spacial score (nSPS) is 13.5. The number of nitrogens with one attached hydrogen (secondary N) is 1. The van der Waals surface area contributed by atoms with E-state index in [0.717, 1.165) is 34.2 Å². The van der Waals surface area contributed by atoms with Gasteiger partial charge in [0, 0.05) is 16.1 Å². The minimum atomic E-state index is -4.15. The molecule has 0 spiro atoms. The van der Waals surface area contributed by atoms with E-state index in [2.05, 4.69) is 118 Å². The maximum atomic E-state index is 14.4. The molecule has 1 N–H and O–H groups in total. The predicted molar refractivity (Wildman–Crippen MR) is 192 cm³/mol. The van der Waals surface area contributed by atoms with E-state index >= 15 is 0 Å². The molecular weight excluding hydrogens is 1070 g/mol. The first-order valence-corrected chi connectivity index (χ1v) is 18.0. The maximum absolute atomic E-state index is 14.4. The predicted octanol–water partition coefficient (Wildman–Crippen LogP) is 9.15. The van der Waals surface area contributed by atoms with Gasteiger partial charge in [0.1, 0.15) is 18.4 Å². The van der Waals surface area contributed by atoms with Gasteiger partial charge in [0.15, 0.2) is 5.75 Å². The van der Waals surface area contributed by atoms with Gasteiger partial charge in [-0.25, -0.2) is 4.57 Å². The number of hydrogen-bond acceptors (Lipinski definition) is 5. The minimum absolute atomic E-state index is 0.102. The van der Waals surface area contributed by atoms with E-state index in [4.69, 9.17) is 13.8 Å². The average molecular weight is 1090 g/mol. The third-order valence-electron chi connectivity index (χ3n) is 5.28. The topological polar surface area (TPSA) is 73.9 Å². The Labute approximate surface area is 289 Å². The fourth-order valence-corrected chi connectivity index (χ4v) is 10.2. The molecule has 1 unspecified atom stereocenters. The largest absolute Gasteiger partial charge is 0.513 e. The van der Waals surface area contributed by atoms with Crippen LogP contribution in [0.4, 0.5) is 0 Å². The van der Waals surface area contributed by atoms with Gasteiger partial charge in [0.2, 0.25) is 0 Å². The van der Waals surface area contributed by atoms with E-state index in [1.54, 1.807) is 13.0 Å². The van der Waals surface area contributed by atoms with Gasteiger partial charge in [-0.15, -0.1) is 0 Å². The van der Waals surface area contributed by atoms with Crippen LogP contribution in [0.2, 0.25) is 0 Å². The molecule has 4 aromatic rings. The van der Waals surface area contributed by atoms with Gasteiger partial charge in [-0.1, -0.05) is 66.7 Å². The Kier molecular flexibility index (Phi) is 11.3. The zero-order valence-electron chi connectivity index (χ0n) is 19.6. The molecule has 6 nitrogen and oxygen atoms in total. The van der Waals surface area contributed by atoms with Crippen LogP contribution in [0.5, 0.6) is 11.5 Å². The highest BCUT2D eigenvalue weighted by atomic mass is 127. The summed E-state index contributed by atoms with van der Waals surface area (Å²) < 4.78 is 36.9. The van der Waals surface area contributed by atoms with Crippen LogP contribution in [0.1, 0.15) is 12.5 Å². The van der Waals surface area contributed by atoms with Gasteiger partial charge >= 0.3 is 13.7 Å². The monoisotopic (exact) mass is 1090 g/mol. The van der Waals surface area contributed by atoms with Crippen molar-refractivity contribution >= 4 is 137 Å². The molecule has 0 aliphatic rings. The summed E-state index contributed by atoms with van der Waals surface area (Å²) >= 11 is 11.1. The van der Waals surface area contributed by atoms with E-state index in [-0.39, 0.29) is 6.61 Å². The molecule has 4 rings (SSSR count). The molecule has 0 aromatic heterocycles. The van der Waals surface area contributed by atoms with Crippen molar-refractivity contribution in [2.75, 3.05) is 0 Å². The summed E-state index contributed by atoms with van der Waals surface area (Å²) in [5, 5.41) is 4.52. The summed E-state index contributed by atoms with van der Waals surface area (Å²) in [6.45, 7) is 1.68. The fraction of sp³-hybridized carbons (Fsp3) is 0.115. The second-order valence-corrected chi connectivity index (χ2v) is 15.0. The van der Waals surface area contributed by atoms with Crippen molar-refractivity contribution in [3.05, 3.63) is 96.2 Å². The fourth-order valence-electron chi connectivity index (χ4n) is 3.40. The highest BCUT2D eigenvalue weighted by Crippen LogP contribution is 2.50. The Bertz CT molecular complexity index is 1500. The molecule has 0 aliphatic carbocycles. The number of carbonyl (C=O) groups is 1. The second kappa shape index (κ2) is 13.8. The van der Waals surface area contributed by atoms with Crippen molar-refractivity contribution < 1.29 is 23.1 Å². The maximum Gasteiger partial charge on any atom is 0.513 e. The lowest BCUT2D eigenvalue weighted by molar-refractivity contribution is -0.146. The van der Waals surface area contributed by atoms with Gasteiger partial charge in [-0.2, -0.15) is 5.09 Å². The van der Waals surface area contributed by atoms with Crippen LogP contribution in [0.15, 0.2) is 72.8 Å². The lowest BCUT2D eigenvalue weighted by Gasteiger charge is -2.25. The van der Waals surface area contributed by atoms with E-state index in [9.17, 15) is 9.36 Å². The minimum Gasteiger partial charge on any atom is -0.460 e. The smallest absolute Gasteiger partial charge is 0.460 e. The van der Waals surface area contributed by atoms with Crippen LogP contribution in [-0.2, 0) is 20.7 Å². The van der Waals surface area contributed by atoms with Crippen molar-refractivity contribution in [2.24, 2.45) is 0 Å². The highest BCUT2D eigenvalue weighted by Gasteiger charge is 2.36. The zero-order chi connectivity index (χ0) is 27.4. The molecule has 4 aromatic carbocycles. The number of rotatable bonds is 9. The number of halogens is 5. The summed E-state index contributed by atoms with van der Waals surface area (Å²) in [4.78, 5) is 12.9. The molecule has 0 heterocycles. The van der Waals surface area contributed by atoms with E-state index in [0.29, 0.717) is 11.5 Å². The van der Waals surface area contributed by atoms with Gasteiger partial charge in [0.25, 0.3) is 0 Å². The molecule has 0 saturated carbocycles. The number of esters is 1. The van der Waals surface area contributed by atoms with Crippen LogP contribution >= 0.6 is 121 Å². The van der Waals surface area contributed by atoms with Crippen molar-refractivity contribution in [1.29, 1.82) is 0 Å². The Morgan fingerprint density at radius 1 is 0.789 bits per heavy atom. The number of ether oxygens (including phenoxy) is 1.